The summed E-state index contributed by atoms with van der Waals surface area (Å²) in [5, 5.41) is 0. The summed E-state index contributed by atoms with van der Waals surface area (Å²) in [6, 6.07) is 10.4. The summed E-state index contributed by atoms with van der Waals surface area (Å²) in [6.07, 6.45) is 9.05. The first-order chi connectivity index (χ1) is 15.3. The average molecular weight is 437 g/mol. The van der Waals surface area contributed by atoms with Crippen LogP contribution >= 0.6 is 0 Å². The minimum Gasteiger partial charge on any atom is -0.462 e. The molecule has 0 N–H and O–H groups in total. The van der Waals surface area contributed by atoms with Gasteiger partial charge < -0.3 is 9.47 Å². The third kappa shape index (κ3) is 3.55. The second kappa shape index (κ2) is 8.13. The number of ketones is 1. The molecule has 0 heterocycles. The first-order valence-electron chi connectivity index (χ1n) is 12.4. The number of esters is 1. The van der Waals surface area contributed by atoms with E-state index < -0.39 is 0 Å². The Balaban J connectivity index is 1.35. The van der Waals surface area contributed by atoms with Gasteiger partial charge in [0.05, 0.1) is 12.7 Å². The van der Waals surface area contributed by atoms with Gasteiger partial charge in [-0.05, 0) is 72.8 Å². The van der Waals surface area contributed by atoms with Crippen molar-refractivity contribution in [2.75, 3.05) is 0 Å². The highest BCUT2D eigenvalue weighted by Crippen LogP contribution is 2.64. The van der Waals surface area contributed by atoms with Gasteiger partial charge in [-0.3, -0.25) is 9.59 Å². The van der Waals surface area contributed by atoms with E-state index in [1.165, 1.54) is 18.1 Å². The molecule has 3 fully saturated rings. The fourth-order valence-corrected chi connectivity index (χ4v) is 7.70. The van der Waals surface area contributed by atoms with Gasteiger partial charge in [-0.15, -0.1) is 0 Å². The topological polar surface area (TPSA) is 52.6 Å². The first-order valence-corrected chi connectivity index (χ1v) is 12.4. The van der Waals surface area contributed by atoms with E-state index in [1.54, 1.807) is 0 Å². The summed E-state index contributed by atoms with van der Waals surface area (Å²) in [5.74, 6) is 0.999. The normalized spacial score (nSPS) is 40.7. The van der Waals surface area contributed by atoms with E-state index in [9.17, 15) is 9.59 Å². The van der Waals surface area contributed by atoms with Crippen LogP contribution in [0.1, 0.15) is 71.3 Å². The lowest BCUT2D eigenvalue weighted by Gasteiger charge is -2.57. The van der Waals surface area contributed by atoms with Crippen molar-refractivity contribution < 1.29 is 19.1 Å². The smallest absolute Gasteiger partial charge is 0.302 e. The van der Waals surface area contributed by atoms with Crippen molar-refractivity contribution in [3.8, 4) is 0 Å². The zero-order valence-electron chi connectivity index (χ0n) is 19.6. The molecule has 0 aliphatic heterocycles. The Bertz CT molecular complexity index is 921. The Morgan fingerprint density at radius 2 is 1.81 bits per heavy atom. The summed E-state index contributed by atoms with van der Waals surface area (Å²) < 4.78 is 12.0. The van der Waals surface area contributed by atoms with Gasteiger partial charge in [0.1, 0.15) is 6.10 Å². The number of hydrogen-bond donors (Lipinski definition) is 0. The fraction of sp³-hybridized carbons (Fsp3) is 0.643. The Hall–Kier alpha value is -1.94. The quantitative estimate of drug-likeness (QED) is 0.573. The molecule has 32 heavy (non-hydrogen) atoms. The zero-order valence-corrected chi connectivity index (χ0v) is 19.6. The molecular formula is C28H36O4. The molecule has 0 unspecified atom stereocenters. The van der Waals surface area contributed by atoms with Gasteiger partial charge in [0.25, 0.3) is 0 Å². The summed E-state index contributed by atoms with van der Waals surface area (Å²) in [4.78, 5) is 25.0. The van der Waals surface area contributed by atoms with Crippen molar-refractivity contribution in [2.45, 2.75) is 84.5 Å². The van der Waals surface area contributed by atoms with Gasteiger partial charge >= 0.3 is 5.97 Å². The van der Waals surface area contributed by atoms with Crippen LogP contribution in [0.15, 0.2) is 42.0 Å². The molecule has 0 spiro atoms. The monoisotopic (exact) mass is 436 g/mol. The number of carbonyl (C=O) groups excluding carboxylic acids is 2. The molecule has 4 nitrogen and oxygen atoms in total. The molecule has 0 aromatic heterocycles. The van der Waals surface area contributed by atoms with Gasteiger partial charge in [-0.1, -0.05) is 49.8 Å². The highest BCUT2D eigenvalue weighted by molar-refractivity contribution is 5.94. The van der Waals surface area contributed by atoms with Gasteiger partial charge in [0.15, 0.2) is 5.78 Å². The Labute approximate surface area is 191 Å². The third-order valence-corrected chi connectivity index (χ3v) is 9.44. The summed E-state index contributed by atoms with van der Waals surface area (Å²) in [6.45, 7) is 6.87. The van der Waals surface area contributed by atoms with E-state index in [0.29, 0.717) is 24.2 Å². The van der Waals surface area contributed by atoms with Crippen molar-refractivity contribution in [3.05, 3.63) is 47.5 Å². The maximum atomic E-state index is 13.5. The molecule has 7 atom stereocenters. The predicted octanol–water partition coefficient (Wildman–Crippen LogP) is 5.65. The van der Waals surface area contributed by atoms with Crippen molar-refractivity contribution in [2.24, 2.45) is 28.6 Å². The number of carbonyl (C=O) groups is 2. The van der Waals surface area contributed by atoms with Gasteiger partial charge in [0, 0.05) is 19.3 Å². The van der Waals surface area contributed by atoms with Crippen LogP contribution in [0.3, 0.4) is 0 Å². The van der Waals surface area contributed by atoms with Crippen LogP contribution in [0.5, 0.6) is 0 Å². The Morgan fingerprint density at radius 3 is 2.56 bits per heavy atom. The van der Waals surface area contributed by atoms with Gasteiger partial charge in [-0.25, -0.2) is 0 Å². The minimum absolute atomic E-state index is 0.0551. The van der Waals surface area contributed by atoms with Crippen LogP contribution in [0.2, 0.25) is 0 Å². The van der Waals surface area contributed by atoms with Crippen LogP contribution in [0.4, 0.5) is 0 Å². The molecule has 0 saturated heterocycles. The molecule has 4 heteroatoms. The zero-order chi connectivity index (χ0) is 22.5. The Kier molecular flexibility index (Phi) is 5.56. The molecular weight excluding hydrogens is 400 g/mol. The van der Waals surface area contributed by atoms with Gasteiger partial charge in [0.2, 0.25) is 0 Å². The number of ether oxygens (including phenoxy) is 2. The van der Waals surface area contributed by atoms with E-state index in [1.807, 2.05) is 12.1 Å². The highest BCUT2D eigenvalue weighted by Gasteiger charge is 2.61. The van der Waals surface area contributed by atoms with Crippen LogP contribution in [0.25, 0.3) is 0 Å². The van der Waals surface area contributed by atoms with Crippen LogP contribution in [-0.2, 0) is 25.7 Å². The molecule has 4 aliphatic rings. The van der Waals surface area contributed by atoms with E-state index in [-0.39, 0.29) is 34.9 Å². The van der Waals surface area contributed by atoms with Crippen LogP contribution in [-0.4, -0.2) is 24.0 Å². The van der Waals surface area contributed by atoms with Crippen molar-refractivity contribution in [1.29, 1.82) is 0 Å². The molecule has 0 amide bonds. The number of fused-ring (bicyclic) bond motifs is 5. The van der Waals surface area contributed by atoms with Crippen molar-refractivity contribution in [1.82, 2.24) is 0 Å². The standard InChI is InChI=1S/C28H36O4/c1-18(29)32-21-11-13-27(2)20(15-21)16-24(30)26-22-9-10-25(28(22,3)14-12-23(26)27)31-17-19-7-5-4-6-8-19/h4-8,16,21-23,25-26H,9-15,17H2,1-3H3/t21-,22+,23+,25+,26+,27-,28-/m0/s1. The predicted molar refractivity (Wildman–Crippen MR) is 123 cm³/mol. The molecule has 5 rings (SSSR count). The van der Waals surface area contributed by atoms with E-state index in [4.69, 9.17) is 9.47 Å². The maximum Gasteiger partial charge on any atom is 0.302 e. The van der Waals surface area contributed by atoms with Crippen LogP contribution < -0.4 is 0 Å². The highest BCUT2D eigenvalue weighted by atomic mass is 16.5. The molecule has 1 aromatic rings. The molecule has 172 valence electrons. The average Bonchev–Trinajstić information content (AvgIpc) is 3.10. The molecule has 4 aliphatic carbocycles. The summed E-state index contributed by atoms with van der Waals surface area (Å²) >= 11 is 0. The summed E-state index contributed by atoms with van der Waals surface area (Å²) in [5.41, 5.74) is 2.56. The summed E-state index contributed by atoms with van der Waals surface area (Å²) in [7, 11) is 0. The third-order valence-electron chi connectivity index (χ3n) is 9.44. The SMILES string of the molecule is CC(=O)O[C@H]1CC[C@@]2(C)C(=CC(=O)[C@@H]3[C@H]4CC[C@@H](OCc5ccccc5)[C@@]4(C)CC[C@H]32)C1. The van der Waals surface area contributed by atoms with Gasteiger partial charge in [-0.2, -0.15) is 0 Å². The molecule has 0 bridgehead atoms. The lowest BCUT2D eigenvalue weighted by atomic mass is 9.47. The van der Waals surface area contributed by atoms with E-state index >= 15 is 0 Å². The van der Waals surface area contributed by atoms with Crippen molar-refractivity contribution in [3.63, 3.8) is 0 Å². The molecule has 3 saturated carbocycles. The fourth-order valence-electron chi connectivity index (χ4n) is 7.70. The van der Waals surface area contributed by atoms with E-state index in [0.717, 1.165) is 44.9 Å². The molecule has 0 radical (unpaired) electrons. The number of benzene rings is 1. The number of rotatable bonds is 4. The second-order valence-corrected chi connectivity index (χ2v) is 11.1. The van der Waals surface area contributed by atoms with Crippen LogP contribution in [0, 0.1) is 28.6 Å². The minimum atomic E-state index is -0.222. The maximum absolute atomic E-state index is 13.5. The lowest BCUT2D eigenvalue weighted by molar-refractivity contribution is -0.150. The number of allylic oxidation sites excluding steroid dienone is 1. The molecule has 1 aromatic carbocycles. The van der Waals surface area contributed by atoms with E-state index in [2.05, 4.69) is 38.1 Å². The number of hydrogen-bond acceptors (Lipinski definition) is 4. The Morgan fingerprint density at radius 1 is 1.03 bits per heavy atom. The largest absolute Gasteiger partial charge is 0.462 e. The lowest BCUT2D eigenvalue weighted by Crippen LogP contribution is -2.54. The first kappa shape index (κ1) is 21.9. The van der Waals surface area contributed by atoms with Crippen molar-refractivity contribution >= 4 is 11.8 Å². The second-order valence-electron chi connectivity index (χ2n) is 11.1.